The minimum Gasteiger partial charge on any atom is -0.321 e. The Hall–Kier alpha value is -1.59. The van der Waals surface area contributed by atoms with Crippen molar-refractivity contribution in [3.63, 3.8) is 0 Å². The van der Waals surface area contributed by atoms with Crippen LogP contribution in [-0.4, -0.2) is 16.9 Å². The molecule has 1 aromatic heterocycles. The fourth-order valence-electron chi connectivity index (χ4n) is 3.50. The van der Waals surface area contributed by atoms with Crippen LogP contribution >= 0.6 is 46.1 Å². The number of anilines is 1. The quantitative estimate of drug-likeness (QED) is 0.384. The van der Waals surface area contributed by atoms with Crippen molar-refractivity contribution < 1.29 is 0 Å². The number of benzene rings is 2. The molecular weight excluding hydrogens is 457 g/mol. The zero-order chi connectivity index (χ0) is 21.6. The molecular formula is C23H22Cl3N3S. The summed E-state index contributed by atoms with van der Waals surface area (Å²) >= 11 is 20.6. The summed E-state index contributed by atoms with van der Waals surface area (Å²) in [5, 5.41) is 2.87. The van der Waals surface area contributed by atoms with Crippen LogP contribution in [0.1, 0.15) is 49.2 Å². The Balaban J connectivity index is 1.82. The average molecular weight is 479 g/mol. The van der Waals surface area contributed by atoms with E-state index < -0.39 is 0 Å². The van der Waals surface area contributed by atoms with Gasteiger partial charge in [-0.1, -0.05) is 55.6 Å². The molecule has 0 saturated heterocycles. The van der Waals surface area contributed by atoms with Crippen LogP contribution in [0, 0.1) is 0 Å². The molecule has 1 aliphatic rings. The van der Waals surface area contributed by atoms with Crippen molar-refractivity contribution in [2.75, 3.05) is 4.90 Å². The number of thiazole rings is 1. The lowest BCUT2D eigenvalue weighted by atomic mass is 9.96. The molecule has 3 aromatic rings. The summed E-state index contributed by atoms with van der Waals surface area (Å²) in [6, 6.07) is 13.3. The summed E-state index contributed by atoms with van der Waals surface area (Å²) < 4.78 is 0. The number of aromatic nitrogens is 1. The third-order valence-electron chi connectivity index (χ3n) is 5.15. The number of hydrogen-bond acceptors (Lipinski definition) is 4. The maximum atomic E-state index is 6.57. The van der Waals surface area contributed by atoms with Crippen molar-refractivity contribution in [1.29, 1.82) is 0 Å². The van der Waals surface area contributed by atoms with E-state index >= 15 is 0 Å². The highest BCUT2D eigenvalue weighted by atomic mass is 35.5. The number of aliphatic imine (C=N–C) groups is 1. The second-order valence-electron chi connectivity index (χ2n) is 8.42. The van der Waals surface area contributed by atoms with Gasteiger partial charge in [-0.3, -0.25) is 4.99 Å². The van der Waals surface area contributed by atoms with Crippen LogP contribution in [0.5, 0.6) is 0 Å². The molecule has 0 saturated carbocycles. The first-order chi connectivity index (χ1) is 14.1. The van der Waals surface area contributed by atoms with Crippen molar-refractivity contribution in [2.45, 2.75) is 45.2 Å². The smallest absolute Gasteiger partial charge is 0.138 e. The highest BCUT2D eigenvalue weighted by Crippen LogP contribution is 2.41. The van der Waals surface area contributed by atoms with Crippen LogP contribution in [0.2, 0.25) is 15.1 Å². The van der Waals surface area contributed by atoms with Crippen molar-refractivity contribution in [3.8, 4) is 0 Å². The van der Waals surface area contributed by atoms with Crippen molar-refractivity contribution in [2.24, 2.45) is 4.99 Å². The summed E-state index contributed by atoms with van der Waals surface area (Å²) in [6.45, 7) is 8.76. The van der Waals surface area contributed by atoms with Gasteiger partial charge in [0.05, 0.1) is 11.1 Å². The first kappa shape index (κ1) is 21.6. The Labute approximate surface area is 196 Å². The zero-order valence-electron chi connectivity index (χ0n) is 17.2. The second-order valence-corrected chi connectivity index (χ2v) is 10.8. The lowest BCUT2D eigenvalue weighted by Crippen LogP contribution is -2.36. The Bertz CT molecular complexity index is 1100. The minimum absolute atomic E-state index is 0.0552. The molecule has 7 heteroatoms. The molecule has 156 valence electrons. The molecule has 2 atom stereocenters. The van der Waals surface area contributed by atoms with E-state index in [-0.39, 0.29) is 17.5 Å². The van der Waals surface area contributed by atoms with E-state index in [9.17, 15) is 0 Å². The van der Waals surface area contributed by atoms with E-state index in [4.69, 9.17) is 44.8 Å². The third kappa shape index (κ3) is 4.11. The lowest BCUT2D eigenvalue weighted by molar-refractivity contribution is 0.602. The van der Waals surface area contributed by atoms with Gasteiger partial charge in [-0.25, -0.2) is 4.98 Å². The van der Waals surface area contributed by atoms with Gasteiger partial charge in [0.2, 0.25) is 0 Å². The maximum absolute atomic E-state index is 6.57. The first-order valence-electron chi connectivity index (χ1n) is 9.69. The van der Waals surface area contributed by atoms with Gasteiger partial charge in [0.15, 0.2) is 0 Å². The highest BCUT2D eigenvalue weighted by molar-refractivity contribution is 7.11. The van der Waals surface area contributed by atoms with E-state index in [0.717, 1.165) is 22.1 Å². The summed E-state index contributed by atoms with van der Waals surface area (Å²) in [7, 11) is 0. The molecule has 2 aromatic carbocycles. The molecule has 0 aliphatic carbocycles. The minimum atomic E-state index is -0.0940. The van der Waals surface area contributed by atoms with Gasteiger partial charge in [-0.15, -0.1) is 11.3 Å². The standard InChI is InChI=1S/C23H22Cl3N3S/c1-13-20(22-27-12-19(30-22)23(2,3)4)28-21(17-10-7-15(25)11-18(17)26)29(13)16-8-5-14(24)6-9-16/h5-13,20H,1-4H3. The Morgan fingerprint density at radius 1 is 0.967 bits per heavy atom. The van der Waals surface area contributed by atoms with Crippen LogP contribution in [0.3, 0.4) is 0 Å². The molecule has 3 nitrogen and oxygen atoms in total. The summed E-state index contributed by atoms with van der Waals surface area (Å²) in [5.41, 5.74) is 1.91. The Morgan fingerprint density at radius 2 is 1.63 bits per heavy atom. The molecule has 0 fully saturated rings. The average Bonchev–Trinajstić information content (AvgIpc) is 3.28. The molecule has 4 rings (SSSR count). The Morgan fingerprint density at radius 3 is 2.23 bits per heavy atom. The van der Waals surface area contributed by atoms with E-state index in [0.29, 0.717) is 15.1 Å². The van der Waals surface area contributed by atoms with Crippen molar-refractivity contribution >= 4 is 57.7 Å². The first-order valence-corrected chi connectivity index (χ1v) is 11.6. The second kappa shape index (κ2) is 8.16. The molecule has 0 spiro atoms. The third-order valence-corrected chi connectivity index (χ3v) is 7.44. The van der Waals surface area contributed by atoms with E-state index in [1.54, 1.807) is 17.4 Å². The molecule has 1 aliphatic heterocycles. The molecule has 0 amide bonds. The van der Waals surface area contributed by atoms with Gasteiger partial charge in [-0.2, -0.15) is 0 Å². The van der Waals surface area contributed by atoms with Gasteiger partial charge < -0.3 is 4.90 Å². The van der Waals surface area contributed by atoms with Gasteiger partial charge in [0.25, 0.3) is 0 Å². The summed E-state index contributed by atoms with van der Waals surface area (Å²) in [4.78, 5) is 13.3. The molecule has 2 unspecified atom stereocenters. The maximum Gasteiger partial charge on any atom is 0.138 e. The summed E-state index contributed by atoms with van der Waals surface area (Å²) in [6.07, 6.45) is 1.97. The fraction of sp³-hybridized carbons (Fsp3) is 0.304. The van der Waals surface area contributed by atoms with E-state index in [2.05, 4.69) is 32.6 Å². The predicted octanol–water partition coefficient (Wildman–Crippen LogP) is 7.80. The summed E-state index contributed by atoms with van der Waals surface area (Å²) in [5.74, 6) is 0.809. The number of nitrogens with zero attached hydrogens (tertiary/aromatic N) is 3. The van der Waals surface area contributed by atoms with Gasteiger partial charge >= 0.3 is 0 Å². The van der Waals surface area contributed by atoms with Crippen LogP contribution in [0.15, 0.2) is 53.7 Å². The topological polar surface area (TPSA) is 28.5 Å². The van der Waals surface area contributed by atoms with Crippen molar-refractivity contribution in [3.05, 3.63) is 79.2 Å². The number of rotatable bonds is 3. The predicted molar refractivity (Wildman–Crippen MR) is 130 cm³/mol. The van der Waals surface area contributed by atoms with Crippen LogP contribution in [0.25, 0.3) is 0 Å². The number of halogens is 3. The van der Waals surface area contributed by atoms with E-state index in [1.165, 1.54) is 4.88 Å². The Kier molecular flexibility index (Phi) is 5.88. The van der Waals surface area contributed by atoms with Gasteiger partial charge in [0.1, 0.15) is 16.9 Å². The molecule has 0 bridgehead atoms. The van der Waals surface area contributed by atoms with Crippen LogP contribution < -0.4 is 4.90 Å². The normalized spacial score (nSPS) is 19.3. The molecule has 2 heterocycles. The van der Waals surface area contributed by atoms with E-state index in [1.807, 2.05) is 42.6 Å². The van der Waals surface area contributed by atoms with Gasteiger partial charge in [0, 0.05) is 32.4 Å². The number of amidine groups is 1. The molecule has 30 heavy (non-hydrogen) atoms. The largest absolute Gasteiger partial charge is 0.321 e. The molecule has 0 radical (unpaired) electrons. The van der Waals surface area contributed by atoms with Crippen LogP contribution in [0.4, 0.5) is 5.69 Å². The monoisotopic (exact) mass is 477 g/mol. The van der Waals surface area contributed by atoms with Crippen LogP contribution in [-0.2, 0) is 5.41 Å². The molecule has 0 N–H and O–H groups in total. The SMILES string of the molecule is CC1C(c2ncc(C(C)(C)C)s2)N=C(c2ccc(Cl)cc2Cl)N1c1ccc(Cl)cc1. The number of hydrogen-bond donors (Lipinski definition) is 0. The van der Waals surface area contributed by atoms with Crippen molar-refractivity contribution in [1.82, 2.24) is 4.98 Å². The lowest BCUT2D eigenvalue weighted by Gasteiger charge is -2.28. The fourth-order valence-corrected chi connectivity index (χ4v) is 5.23. The zero-order valence-corrected chi connectivity index (χ0v) is 20.2. The van der Waals surface area contributed by atoms with Gasteiger partial charge in [-0.05, 0) is 54.8 Å². The highest BCUT2D eigenvalue weighted by Gasteiger charge is 2.38.